The van der Waals surface area contributed by atoms with Crippen molar-refractivity contribution in [1.82, 2.24) is 10.2 Å². The zero-order valence-electron chi connectivity index (χ0n) is 15.2. The molecule has 2 aromatic rings. The Kier molecular flexibility index (Phi) is 6.63. The molecule has 0 radical (unpaired) electrons. The molecular formula is C21H28N2O3. The lowest BCUT2D eigenvalue weighted by molar-refractivity contribution is 0.0202. The molecule has 26 heavy (non-hydrogen) atoms. The first kappa shape index (κ1) is 18.9. The van der Waals surface area contributed by atoms with Crippen LogP contribution in [0.1, 0.15) is 11.1 Å². The number of likely N-dealkylation sites (N-methyl/N-ethyl adjacent to an activating group) is 1. The molecule has 1 saturated heterocycles. The fourth-order valence-electron chi connectivity index (χ4n) is 3.29. The monoisotopic (exact) mass is 356 g/mol. The molecule has 0 bridgehead atoms. The molecule has 140 valence electrons. The molecule has 3 rings (SSSR count). The topological polar surface area (TPSA) is 65.0 Å². The van der Waals surface area contributed by atoms with Gasteiger partial charge in [-0.05, 0) is 25.1 Å². The Labute approximate surface area is 155 Å². The van der Waals surface area contributed by atoms with Crippen LogP contribution in [0.2, 0.25) is 0 Å². The third kappa shape index (κ3) is 5.05. The van der Waals surface area contributed by atoms with Gasteiger partial charge in [0.15, 0.2) is 0 Å². The predicted molar refractivity (Wildman–Crippen MR) is 102 cm³/mol. The van der Waals surface area contributed by atoms with Crippen LogP contribution in [-0.2, 0) is 17.7 Å². The lowest BCUT2D eigenvalue weighted by atomic mass is 10.1. The summed E-state index contributed by atoms with van der Waals surface area (Å²) < 4.78 is 5.80. The largest absolute Gasteiger partial charge is 0.508 e. The van der Waals surface area contributed by atoms with Crippen LogP contribution >= 0.6 is 0 Å². The number of nitrogens with zero attached hydrogens (tertiary/aromatic N) is 1. The normalized spacial score (nSPS) is 22.8. The molecule has 5 heteroatoms. The summed E-state index contributed by atoms with van der Waals surface area (Å²) in [5.41, 5.74) is 2.14. The van der Waals surface area contributed by atoms with Crippen molar-refractivity contribution in [2.75, 3.05) is 26.7 Å². The molecule has 0 amide bonds. The number of phenols is 1. The van der Waals surface area contributed by atoms with Gasteiger partial charge < -0.3 is 25.2 Å². The molecule has 3 N–H and O–H groups in total. The molecule has 0 aromatic heterocycles. The van der Waals surface area contributed by atoms with Gasteiger partial charge >= 0.3 is 0 Å². The van der Waals surface area contributed by atoms with E-state index in [0.29, 0.717) is 19.7 Å². The van der Waals surface area contributed by atoms with Crippen molar-refractivity contribution >= 4 is 0 Å². The molecular weight excluding hydrogens is 328 g/mol. The van der Waals surface area contributed by atoms with E-state index >= 15 is 0 Å². The number of ether oxygens (including phenoxy) is 1. The lowest BCUT2D eigenvalue weighted by Gasteiger charge is -2.24. The minimum Gasteiger partial charge on any atom is -0.508 e. The third-order valence-electron chi connectivity index (χ3n) is 4.95. The number of aromatic hydroxyl groups is 1. The smallest absolute Gasteiger partial charge is 0.120 e. The number of hydrogen-bond acceptors (Lipinski definition) is 5. The first-order valence-electron chi connectivity index (χ1n) is 9.16. The highest BCUT2D eigenvalue weighted by Gasteiger charge is 2.36. The molecule has 1 heterocycles. The number of benzene rings is 2. The summed E-state index contributed by atoms with van der Waals surface area (Å²) in [6.45, 7) is 2.61. The van der Waals surface area contributed by atoms with Gasteiger partial charge in [0.25, 0.3) is 0 Å². The Hall–Kier alpha value is -1.92. The molecule has 3 unspecified atom stereocenters. The Balaban J connectivity index is 1.43. The van der Waals surface area contributed by atoms with Gasteiger partial charge in [-0.15, -0.1) is 0 Å². The zero-order chi connectivity index (χ0) is 18.4. The fraction of sp³-hybridized carbons (Fsp3) is 0.429. The quantitative estimate of drug-likeness (QED) is 0.673. The second-order valence-electron chi connectivity index (χ2n) is 6.98. The molecule has 0 saturated carbocycles. The highest BCUT2D eigenvalue weighted by atomic mass is 16.5. The highest BCUT2D eigenvalue weighted by molar-refractivity contribution is 5.31. The number of nitrogens with one attached hydrogen (secondary N) is 1. The van der Waals surface area contributed by atoms with Gasteiger partial charge in [0.1, 0.15) is 5.75 Å². The van der Waals surface area contributed by atoms with Crippen LogP contribution in [0, 0.1) is 0 Å². The van der Waals surface area contributed by atoms with Gasteiger partial charge in [0.05, 0.1) is 24.9 Å². The van der Waals surface area contributed by atoms with Crippen molar-refractivity contribution in [3.8, 4) is 5.75 Å². The number of para-hydroxylation sites is 1. The van der Waals surface area contributed by atoms with Crippen LogP contribution < -0.4 is 5.32 Å². The Bertz CT molecular complexity index is 680. The van der Waals surface area contributed by atoms with Crippen molar-refractivity contribution in [2.24, 2.45) is 0 Å². The Morgan fingerprint density at radius 1 is 1.12 bits per heavy atom. The SMILES string of the molecule is CN(CCc1ccccc1)CC1OCC(NCc2ccccc2O)C1O. The molecule has 0 spiro atoms. The first-order chi connectivity index (χ1) is 12.6. The summed E-state index contributed by atoms with van der Waals surface area (Å²) >= 11 is 0. The van der Waals surface area contributed by atoms with E-state index in [1.807, 2.05) is 18.2 Å². The van der Waals surface area contributed by atoms with E-state index in [1.165, 1.54) is 5.56 Å². The second-order valence-corrected chi connectivity index (χ2v) is 6.98. The van der Waals surface area contributed by atoms with Gasteiger partial charge in [0, 0.05) is 25.2 Å². The Morgan fingerprint density at radius 2 is 1.85 bits per heavy atom. The van der Waals surface area contributed by atoms with Crippen LogP contribution in [0.25, 0.3) is 0 Å². The Morgan fingerprint density at radius 3 is 2.62 bits per heavy atom. The molecule has 2 aromatic carbocycles. The first-order valence-corrected chi connectivity index (χ1v) is 9.16. The van der Waals surface area contributed by atoms with Gasteiger partial charge in [-0.1, -0.05) is 48.5 Å². The lowest BCUT2D eigenvalue weighted by Crippen LogP contribution is -2.44. The van der Waals surface area contributed by atoms with E-state index in [2.05, 4.69) is 41.5 Å². The molecule has 5 nitrogen and oxygen atoms in total. The molecule has 0 aliphatic carbocycles. The van der Waals surface area contributed by atoms with Gasteiger partial charge in [-0.2, -0.15) is 0 Å². The highest BCUT2D eigenvalue weighted by Crippen LogP contribution is 2.19. The fourth-order valence-corrected chi connectivity index (χ4v) is 3.29. The maximum atomic E-state index is 10.6. The number of phenolic OH excluding ortho intramolecular Hbond substituents is 1. The van der Waals surface area contributed by atoms with E-state index in [0.717, 1.165) is 18.5 Å². The molecule has 1 aliphatic rings. The average Bonchev–Trinajstić information content (AvgIpc) is 3.00. The van der Waals surface area contributed by atoms with Crippen molar-refractivity contribution < 1.29 is 14.9 Å². The second kappa shape index (κ2) is 9.14. The van der Waals surface area contributed by atoms with E-state index in [-0.39, 0.29) is 17.9 Å². The summed E-state index contributed by atoms with van der Waals surface area (Å²) in [6.07, 6.45) is 0.229. The van der Waals surface area contributed by atoms with Gasteiger partial charge in [0.2, 0.25) is 0 Å². The predicted octanol–water partition coefficient (Wildman–Crippen LogP) is 1.78. The average molecular weight is 356 g/mol. The van der Waals surface area contributed by atoms with E-state index in [1.54, 1.807) is 12.1 Å². The van der Waals surface area contributed by atoms with Crippen LogP contribution in [-0.4, -0.2) is 60.1 Å². The summed E-state index contributed by atoms with van der Waals surface area (Å²) in [6, 6.07) is 17.5. The summed E-state index contributed by atoms with van der Waals surface area (Å²) in [4.78, 5) is 2.20. The number of aliphatic hydroxyl groups excluding tert-OH is 1. The number of aliphatic hydroxyl groups is 1. The minimum absolute atomic E-state index is 0.123. The van der Waals surface area contributed by atoms with Crippen molar-refractivity contribution in [3.05, 3.63) is 65.7 Å². The van der Waals surface area contributed by atoms with Crippen molar-refractivity contribution in [2.45, 2.75) is 31.2 Å². The summed E-state index contributed by atoms with van der Waals surface area (Å²) in [5.74, 6) is 0.269. The summed E-state index contributed by atoms with van der Waals surface area (Å²) in [5, 5.41) is 23.7. The molecule has 1 fully saturated rings. The van der Waals surface area contributed by atoms with E-state index in [4.69, 9.17) is 4.74 Å². The minimum atomic E-state index is -0.556. The van der Waals surface area contributed by atoms with Crippen LogP contribution in [0.15, 0.2) is 54.6 Å². The third-order valence-corrected chi connectivity index (χ3v) is 4.95. The molecule has 3 atom stereocenters. The van der Waals surface area contributed by atoms with E-state index in [9.17, 15) is 10.2 Å². The number of rotatable bonds is 8. The van der Waals surface area contributed by atoms with Crippen molar-refractivity contribution in [1.29, 1.82) is 0 Å². The van der Waals surface area contributed by atoms with Crippen LogP contribution in [0.5, 0.6) is 5.75 Å². The van der Waals surface area contributed by atoms with E-state index < -0.39 is 6.10 Å². The maximum absolute atomic E-state index is 10.6. The van der Waals surface area contributed by atoms with Gasteiger partial charge in [-0.25, -0.2) is 0 Å². The maximum Gasteiger partial charge on any atom is 0.120 e. The van der Waals surface area contributed by atoms with Crippen LogP contribution in [0.4, 0.5) is 0 Å². The molecule has 1 aliphatic heterocycles. The number of hydrogen-bond donors (Lipinski definition) is 3. The van der Waals surface area contributed by atoms with Crippen LogP contribution in [0.3, 0.4) is 0 Å². The van der Waals surface area contributed by atoms with Crippen molar-refractivity contribution in [3.63, 3.8) is 0 Å². The zero-order valence-corrected chi connectivity index (χ0v) is 15.2. The standard InChI is InChI=1S/C21H28N2O3/c1-23(12-11-16-7-3-2-4-8-16)14-20-21(25)18(15-26-20)22-13-17-9-5-6-10-19(17)24/h2-10,18,20-22,24-25H,11-15H2,1H3. The summed E-state index contributed by atoms with van der Waals surface area (Å²) in [7, 11) is 2.06. The van der Waals surface area contributed by atoms with Gasteiger partial charge in [-0.3, -0.25) is 0 Å².